The first-order valence-electron chi connectivity index (χ1n) is 10.4. The van der Waals surface area contributed by atoms with Crippen molar-refractivity contribution in [3.05, 3.63) is 65.9 Å². The van der Waals surface area contributed by atoms with Crippen LogP contribution < -0.4 is 0 Å². The molecule has 4 nitrogen and oxygen atoms in total. The number of aromatic hydroxyl groups is 1. The summed E-state index contributed by atoms with van der Waals surface area (Å²) in [7, 11) is 0. The van der Waals surface area contributed by atoms with Gasteiger partial charge in [-0.3, -0.25) is 0 Å². The Morgan fingerprint density at radius 1 is 0.966 bits per heavy atom. The molecule has 140 valence electrons. The monoisotopic (exact) mass is 378 g/mol. The number of hydrogen-bond acceptors (Lipinski definition) is 2. The maximum absolute atomic E-state index is 10.9. The first-order valence-corrected chi connectivity index (χ1v) is 10.4. The maximum atomic E-state index is 10.9. The Hall–Kier alpha value is -3.24. The molecule has 1 saturated heterocycles. The summed E-state index contributed by atoms with van der Waals surface area (Å²) < 4.78 is 9.12. The lowest BCUT2D eigenvalue weighted by molar-refractivity contribution is 0.00494. The Kier molecular flexibility index (Phi) is 2.37. The van der Waals surface area contributed by atoms with Gasteiger partial charge in [0.1, 0.15) is 6.23 Å². The zero-order valence-electron chi connectivity index (χ0n) is 15.6. The number of rotatable bonds is 0. The third-order valence-electron chi connectivity index (χ3n) is 7.38. The molecule has 3 aliphatic rings. The second kappa shape index (κ2) is 4.66. The molecule has 3 atom stereocenters. The second-order valence-corrected chi connectivity index (χ2v) is 8.60. The van der Waals surface area contributed by atoms with Crippen molar-refractivity contribution in [2.24, 2.45) is 0 Å². The number of benzene rings is 3. The Morgan fingerprint density at radius 2 is 1.83 bits per heavy atom. The quantitative estimate of drug-likeness (QED) is 0.359. The van der Waals surface area contributed by atoms with E-state index in [1.807, 2.05) is 6.20 Å². The van der Waals surface area contributed by atoms with Crippen molar-refractivity contribution in [1.82, 2.24) is 9.55 Å². The van der Waals surface area contributed by atoms with E-state index >= 15 is 0 Å². The molecular weight excluding hydrogens is 360 g/mol. The molecule has 2 N–H and O–H groups in total. The number of aromatic nitrogens is 2. The van der Waals surface area contributed by atoms with Gasteiger partial charge in [0.25, 0.3) is 0 Å². The van der Waals surface area contributed by atoms with Crippen LogP contribution in [-0.2, 0) is 4.74 Å². The summed E-state index contributed by atoms with van der Waals surface area (Å²) in [5.74, 6) is 0.480. The SMILES string of the molecule is Oc1[nH]cc2c1c1c3c4c2c2ccccc2n4C2CCC(O2)[C@H]3c2ccccc2-1. The number of fused-ring (bicyclic) bond motifs is 13. The van der Waals surface area contributed by atoms with Crippen molar-refractivity contribution >= 4 is 32.6 Å². The van der Waals surface area contributed by atoms with E-state index in [0.29, 0.717) is 0 Å². The Balaban J connectivity index is 1.75. The van der Waals surface area contributed by atoms with E-state index in [1.165, 1.54) is 44.1 Å². The van der Waals surface area contributed by atoms with Crippen molar-refractivity contribution in [3.8, 4) is 17.0 Å². The van der Waals surface area contributed by atoms with E-state index in [0.717, 1.165) is 23.6 Å². The van der Waals surface area contributed by atoms with Crippen molar-refractivity contribution in [1.29, 1.82) is 0 Å². The molecule has 0 amide bonds. The van der Waals surface area contributed by atoms with Crippen LogP contribution in [0.5, 0.6) is 5.88 Å². The molecular formula is C25H18N2O2. The molecule has 2 aromatic heterocycles. The van der Waals surface area contributed by atoms with Gasteiger partial charge in [0.2, 0.25) is 0 Å². The number of nitrogens with one attached hydrogen (secondary N) is 1. The first kappa shape index (κ1) is 14.7. The van der Waals surface area contributed by atoms with Gasteiger partial charge in [-0.05, 0) is 35.6 Å². The highest BCUT2D eigenvalue weighted by molar-refractivity contribution is 6.27. The van der Waals surface area contributed by atoms with Gasteiger partial charge in [0, 0.05) is 33.8 Å². The molecule has 4 heterocycles. The molecule has 1 aliphatic carbocycles. The maximum Gasteiger partial charge on any atom is 0.197 e. The van der Waals surface area contributed by atoms with Crippen molar-refractivity contribution in [3.63, 3.8) is 0 Å². The van der Waals surface area contributed by atoms with Gasteiger partial charge in [0.15, 0.2) is 5.88 Å². The van der Waals surface area contributed by atoms with Crippen molar-refractivity contribution < 1.29 is 9.84 Å². The Bertz CT molecular complexity index is 1520. The predicted octanol–water partition coefficient (Wildman–Crippen LogP) is 5.78. The molecule has 2 unspecified atom stereocenters. The van der Waals surface area contributed by atoms with Crippen LogP contribution in [0.1, 0.15) is 36.1 Å². The number of hydrogen-bond donors (Lipinski definition) is 2. The van der Waals surface area contributed by atoms with Crippen molar-refractivity contribution in [2.75, 3.05) is 0 Å². The van der Waals surface area contributed by atoms with E-state index in [2.05, 4.69) is 58.1 Å². The molecule has 3 aromatic carbocycles. The third kappa shape index (κ3) is 1.49. The molecule has 8 rings (SSSR count). The van der Waals surface area contributed by atoms with E-state index < -0.39 is 0 Å². The highest BCUT2D eigenvalue weighted by atomic mass is 16.5. The lowest BCUT2D eigenvalue weighted by Gasteiger charge is -2.19. The van der Waals surface area contributed by atoms with Crippen LogP contribution in [0, 0.1) is 0 Å². The van der Waals surface area contributed by atoms with Crippen LogP contribution in [-0.4, -0.2) is 20.8 Å². The number of nitrogens with zero attached hydrogens (tertiary/aromatic N) is 1. The molecule has 1 fully saturated rings. The fraction of sp³-hybridized carbons (Fsp3) is 0.200. The number of ether oxygens (including phenoxy) is 1. The van der Waals surface area contributed by atoms with Crippen LogP contribution in [0.25, 0.3) is 43.7 Å². The first-order chi connectivity index (χ1) is 14.3. The highest BCUT2D eigenvalue weighted by Crippen LogP contribution is 2.60. The molecule has 0 radical (unpaired) electrons. The van der Waals surface area contributed by atoms with Gasteiger partial charge in [-0.2, -0.15) is 0 Å². The fourth-order valence-electron chi connectivity index (χ4n) is 6.42. The summed E-state index contributed by atoms with van der Waals surface area (Å²) in [4.78, 5) is 3.11. The Morgan fingerprint density at radius 3 is 2.79 bits per heavy atom. The Labute approximate surface area is 166 Å². The summed E-state index contributed by atoms with van der Waals surface area (Å²) in [6, 6.07) is 17.3. The second-order valence-electron chi connectivity index (χ2n) is 8.60. The minimum atomic E-state index is 0.0780. The number of para-hydroxylation sites is 1. The van der Waals surface area contributed by atoms with Gasteiger partial charge in [-0.15, -0.1) is 0 Å². The molecule has 2 bridgehead atoms. The van der Waals surface area contributed by atoms with E-state index in [9.17, 15) is 5.11 Å². The van der Waals surface area contributed by atoms with E-state index in [1.54, 1.807) is 0 Å². The van der Waals surface area contributed by atoms with Crippen LogP contribution >= 0.6 is 0 Å². The largest absolute Gasteiger partial charge is 0.494 e. The average molecular weight is 378 g/mol. The van der Waals surface area contributed by atoms with Crippen LogP contribution in [0.15, 0.2) is 54.7 Å². The summed E-state index contributed by atoms with van der Waals surface area (Å²) in [5.41, 5.74) is 7.61. The van der Waals surface area contributed by atoms with Gasteiger partial charge >= 0.3 is 0 Å². The molecule has 2 aliphatic heterocycles. The predicted molar refractivity (Wildman–Crippen MR) is 113 cm³/mol. The van der Waals surface area contributed by atoms with Gasteiger partial charge < -0.3 is 19.4 Å². The molecule has 0 spiro atoms. The zero-order chi connectivity index (χ0) is 18.9. The van der Waals surface area contributed by atoms with E-state index in [-0.39, 0.29) is 24.1 Å². The summed E-state index contributed by atoms with van der Waals surface area (Å²) in [6.45, 7) is 0. The number of H-pyrrole nitrogens is 1. The smallest absolute Gasteiger partial charge is 0.197 e. The van der Waals surface area contributed by atoms with Crippen LogP contribution in [0.2, 0.25) is 0 Å². The standard InChI is InChI=1S/C25H18N2O2/c28-25-22-15(11-26-25)19-14-7-3-4-8-16(14)27-18-10-9-17(29-18)20-12-5-1-2-6-13(12)21(22)23(20)24(19)27/h1-8,11,17-18,20,26,28H,9-10H2/t17?,18?,20-/m1/s1. The highest BCUT2D eigenvalue weighted by Gasteiger charge is 2.46. The van der Waals surface area contributed by atoms with Crippen LogP contribution in [0.3, 0.4) is 0 Å². The fourth-order valence-corrected chi connectivity index (χ4v) is 6.42. The van der Waals surface area contributed by atoms with E-state index in [4.69, 9.17) is 4.74 Å². The lowest BCUT2D eigenvalue weighted by atomic mass is 9.87. The molecule has 5 aromatic rings. The summed E-state index contributed by atoms with van der Waals surface area (Å²) in [5, 5.41) is 15.4. The third-order valence-corrected chi connectivity index (χ3v) is 7.38. The minimum Gasteiger partial charge on any atom is -0.494 e. The lowest BCUT2D eigenvalue weighted by Crippen LogP contribution is -2.16. The molecule has 29 heavy (non-hydrogen) atoms. The molecule has 0 saturated carbocycles. The zero-order valence-corrected chi connectivity index (χ0v) is 15.6. The van der Waals surface area contributed by atoms with Crippen molar-refractivity contribution in [2.45, 2.75) is 31.1 Å². The van der Waals surface area contributed by atoms with Crippen LogP contribution in [0.4, 0.5) is 0 Å². The van der Waals surface area contributed by atoms with Gasteiger partial charge in [0.05, 0.1) is 22.5 Å². The number of aromatic amines is 1. The molecule has 4 heteroatoms. The topological polar surface area (TPSA) is 50.2 Å². The summed E-state index contributed by atoms with van der Waals surface area (Å²) >= 11 is 0. The minimum absolute atomic E-state index is 0.0780. The van der Waals surface area contributed by atoms with Gasteiger partial charge in [-0.1, -0.05) is 42.5 Å². The summed E-state index contributed by atoms with van der Waals surface area (Å²) in [6.07, 6.45) is 4.34. The normalized spacial score (nSPS) is 23.9. The van der Waals surface area contributed by atoms with Gasteiger partial charge in [-0.25, -0.2) is 0 Å². The average Bonchev–Trinajstić information content (AvgIpc) is 3.47.